The van der Waals surface area contributed by atoms with Crippen LogP contribution in [0.2, 0.25) is 0 Å². The molecule has 1 fully saturated rings. The van der Waals surface area contributed by atoms with Crippen molar-refractivity contribution in [2.75, 3.05) is 19.7 Å². The second-order valence-corrected chi connectivity index (χ2v) is 6.64. The number of aliphatic hydroxyl groups excluding tert-OH is 2. The van der Waals surface area contributed by atoms with Crippen LogP contribution < -0.4 is 5.32 Å². The zero-order valence-electron chi connectivity index (χ0n) is 12.6. The highest BCUT2D eigenvalue weighted by Gasteiger charge is 2.41. The Kier molecular flexibility index (Phi) is 5.19. The summed E-state index contributed by atoms with van der Waals surface area (Å²) in [5.41, 5.74) is 2.38. The van der Waals surface area contributed by atoms with Crippen molar-refractivity contribution in [1.29, 1.82) is 0 Å². The molecule has 0 heterocycles. The summed E-state index contributed by atoms with van der Waals surface area (Å²) in [6.45, 7) is 6.01. The second kappa shape index (κ2) is 6.70. The van der Waals surface area contributed by atoms with E-state index in [4.69, 9.17) is 0 Å². The lowest BCUT2D eigenvalue weighted by molar-refractivity contribution is 0.162. The maximum absolute atomic E-state index is 10.2. The van der Waals surface area contributed by atoms with Gasteiger partial charge in [0.05, 0.1) is 6.10 Å². The summed E-state index contributed by atoms with van der Waals surface area (Å²) in [4.78, 5) is 0. The molecule has 112 valence electrons. The molecule has 3 N–H and O–H groups in total. The lowest BCUT2D eigenvalue weighted by atomic mass is 10.00. The third-order valence-electron chi connectivity index (χ3n) is 4.14. The van der Waals surface area contributed by atoms with Crippen LogP contribution in [0.25, 0.3) is 0 Å². The molecule has 0 radical (unpaired) electrons. The topological polar surface area (TPSA) is 52.5 Å². The van der Waals surface area contributed by atoms with Gasteiger partial charge in [-0.2, -0.15) is 0 Å². The van der Waals surface area contributed by atoms with Crippen molar-refractivity contribution in [2.45, 2.75) is 39.2 Å². The number of hydrogen-bond donors (Lipinski definition) is 3. The average molecular weight is 277 g/mol. The summed E-state index contributed by atoms with van der Waals surface area (Å²) in [5.74, 6) is 0.653. The molecule has 3 heteroatoms. The molecule has 1 unspecified atom stereocenters. The van der Waals surface area contributed by atoms with Gasteiger partial charge in [-0.3, -0.25) is 0 Å². The van der Waals surface area contributed by atoms with Crippen molar-refractivity contribution in [1.82, 2.24) is 5.32 Å². The van der Waals surface area contributed by atoms with Crippen LogP contribution in [0.4, 0.5) is 0 Å². The van der Waals surface area contributed by atoms with Gasteiger partial charge in [-0.25, -0.2) is 0 Å². The quantitative estimate of drug-likeness (QED) is 0.683. The first-order chi connectivity index (χ1) is 9.54. The number of hydrogen-bond acceptors (Lipinski definition) is 3. The third kappa shape index (κ3) is 4.30. The van der Waals surface area contributed by atoms with Crippen molar-refractivity contribution >= 4 is 0 Å². The van der Waals surface area contributed by atoms with Crippen LogP contribution >= 0.6 is 0 Å². The highest BCUT2D eigenvalue weighted by Crippen LogP contribution is 2.44. The summed E-state index contributed by atoms with van der Waals surface area (Å²) in [7, 11) is 0. The van der Waals surface area contributed by atoms with Crippen LogP contribution in [0.1, 0.15) is 43.9 Å². The van der Waals surface area contributed by atoms with Crippen molar-refractivity contribution in [3.05, 3.63) is 35.4 Å². The van der Waals surface area contributed by atoms with Gasteiger partial charge < -0.3 is 15.5 Å². The Hall–Kier alpha value is -0.900. The van der Waals surface area contributed by atoms with Gasteiger partial charge in [0, 0.05) is 25.1 Å². The number of aliphatic hydroxyl groups is 2. The minimum Gasteiger partial charge on any atom is -0.396 e. The fourth-order valence-electron chi connectivity index (χ4n) is 2.51. The molecule has 0 aromatic heterocycles. The van der Waals surface area contributed by atoms with Crippen LogP contribution in [0.15, 0.2) is 24.3 Å². The summed E-state index contributed by atoms with van der Waals surface area (Å²) in [6, 6.07) is 8.25. The number of benzene rings is 1. The predicted molar refractivity (Wildman–Crippen MR) is 81.6 cm³/mol. The highest BCUT2D eigenvalue weighted by molar-refractivity contribution is 5.24. The van der Waals surface area contributed by atoms with Gasteiger partial charge in [-0.15, -0.1) is 0 Å². The van der Waals surface area contributed by atoms with Gasteiger partial charge in [0.2, 0.25) is 0 Å². The lowest BCUT2D eigenvalue weighted by Gasteiger charge is -2.16. The van der Waals surface area contributed by atoms with E-state index in [9.17, 15) is 10.2 Å². The van der Waals surface area contributed by atoms with E-state index < -0.39 is 6.10 Å². The lowest BCUT2D eigenvalue weighted by Crippen LogP contribution is -2.30. The molecule has 1 aliphatic carbocycles. The molecule has 0 bridgehead atoms. The summed E-state index contributed by atoms with van der Waals surface area (Å²) >= 11 is 0. The fraction of sp³-hybridized carbons (Fsp3) is 0.647. The van der Waals surface area contributed by atoms with Gasteiger partial charge in [0.1, 0.15) is 0 Å². The Morgan fingerprint density at radius 2 is 1.85 bits per heavy atom. The van der Waals surface area contributed by atoms with Gasteiger partial charge in [0.25, 0.3) is 0 Å². The molecule has 0 saturated heterocycles. The molecule has 0 amide bonds. The van der Waals surface area contributed by atoms with E-state index in [0.29, 0.717) is 12.5 Å². The minimum absolute atomic E-state index is 0.0981. The smallest absolute Gasteiger partial charge is 0.0914 e. The highest BCUT2D eigenvalue weighted by atomic mass is 16.3. The molecule has 0 spiro atoms. The van der Waals surface area contributed by atoms with E-state index in [-0.39, 0.29) is 12.0 Å². The number of nitrogens with one attached hydrogen (secondary N) is 1. The van der Waals surface area contributed by atoms with Crippen LogP contribution in [-0.2, 0) is 6.42 Å². The molecular weight excluding hydrogens is 250 g/mol. The standard InChI is InChI=1S/C17H27NO2/c1-13(2)9-14-3-5-15(6-4-14)16(20)10-18-11-17(12-19)7-8-17/h3-6,13,16,18-20H,7-12H2,1-2H3. The van der Waals surface area contributed by atoms with Crippen molar-refractivity contribution in [3.63, 3.8) is 0 Å². The SMILES string of the molecule is CC(C)Cc1ccc(C(O)CNCC2(CO)CC2)cc1. The van der Waals surface area contributed by atoms with Gasteiger partial charge in [-0.05, 0) is 36.3 Å². The van der Waals surface area contributed by atoms with Crippen LogP contribution in [0.3, 0.4) is 0 Å². The molecule has 1 atom stereocenters. The zero-order valence-corrected chi connectivity index (χ0v) is 12.6. The van der Waals surface area contributed by atoms with Crippen LogP contribution in [0, 0.1) is 11.3 Å². The molecule has 1 aromatic carbocycles. The van der Waals surface area contributed by atoms with E-state index in [2.05, 4.69) is 31.3 Å². The van der Waals surface area contributed by atoms with Crippen molar-refractivity contribution < 1.29 is 10.2 Å². The van der Waals surface area contributed by atoms with Gasteiger partial charge >= 0.3 is 0 Å². The van der Waals surface area contributed by atoms with E-state index in [0.717, 1.165) is 31.4 Å². The summed E-state index contributed by atoms with van der Waals surface area (Å²) in [5, 5.41) is 22.7. The average Bonchev–Trinajstić information content (AvgIpc) is 3.19. The van der Waals surface area contributed by atoms with Crippen molar-refractivity contribution in [3.8, 4) is 0 Å². The molecular formula is C17H27NO2. The number of rotatable bonds is 8. The maximum Gasteiger partial charge on any atom is 0.0914 e. The van der Waals surface area contributed by atoms with Crippen LogP contribution in [0.5, 0.6) is 0 Å². The maximum atomic E-state index is 10.2. The second-order valence-electron chi connectivity index (χ2n) is 6.64. The molecule has 0 aliphatic heterocycles. The minimum atomic E-state index is -0.474. The van der Waals surface area contributed by atoms with E-state index in [1.165, 1.54) is 5.56 Å². The molecule has 2 rings (SSSR count). The molecule has 20 heavy (non-hydrogen) atoms. The largest absolute Gasteiger partial charge is 0.396 e. The van der Waals surface area contributed by atoms with E-state index in [1.54, 1.807) is 0 Å². The Balaban J connectivity index is 1.78. The first-order valence-corrected chi connectivity index (χ1v) is 7.63. The summed E-state index contributed by atoms with van der Waals surface area (Å²) < 4.78 is 0. The van der Waals surface area contributed by atoms with Crippen LogP contribution in [-0.4, -0.2) is 29.9 Å². The van der Waals surface area contributed by atoms with E-state index in [1.807, 2.05) is 12.1 Å². The van der Waals surface area contributed by atoms with Gasteiger partial charge in [-0.1, -0.05) is 38.1 Å². The summed E-state index contributed by atoms with van der Waals surface area (Å²) in [6.07, 6.45) is 2.79. The molecule has 1 aromatic rings. The molecule has 3 nitrogen and oxygen atoms in total. The Morgan fingerprint density at radius 3 is 2.35 bits per heavy atom. The predicted octanol–water partition coefficient (Wildman–Crippen LogP) is 2.28. The Bertz CT molecular complexity index is 410. The Morgan fingerprint density at radius 1 is 1.20 bits per heavy atom. The molecule has 1 saturated carbocycles. The first-order valence-electron chi connectivity index (χ1n) is 7.63. The first kappa shape index (κ1) is 15.5. The monoisotopic (exact) mass is 277 g/mol. The Labute approximate surface area is 122 Å². The zero-order chi connectivity index (χ0) is 14.6. The van der Waals surface area contributed by atoms with E-state index >= 15 is 0 Å². The fourth-order valence-corrected chi connectivity index (χ4v) is 2.51. The molecule has 1 aliphatic rings. The normalized spacial score (nSPS) is 18.2. The van der Waals surface area contributed by atoms with Crippen molar-refractivity contribution in [2.24, 2.45) is 11.3 Å². The van der Waals surface area contributed by atoms with Gasteiger partial charge in [0.15, 0.2) is 0 Å². The third-order valence-corrected chi connectivity index (χ3v) is 4.14.